The second-order valence-corrected chi connectivity index (χ2v) is 8.88. The zero-order chi connectivity index (χ0) is 23.7. The van der Waals surface area contributed by atoms with E-state index >= 15 is 0 Å². The molecule has 7 heteroatoms. The van der Waals surface area contributed by atoms with E-state index in [1.54, 1.807) is 0 Å². The molecule has 0 saturated heterocycles. The van der Waals surface area contributed by atoms with E-state index < -0.39 is 0 Å². The smallest absolute Gasteiger partial charge is 0.258 e. The van der Waals surface area contributed by atoms with E-state index in [1.165, 1.54) is 0 Å². The zero-order valence-corrected chi connectivity index (χ0v) is 19.9. The van der Waals surface area contributed by atoms with Crippen molar-refractivity contribution in [2.75, 3.05) is 23.8 Å². The number of amides is 2. The van der Waals surface area contributed by atoms with Crippen molar-refractivity contribution in [3.8, 4) is 11.5 Å². The Bertz CT molecular complexity index is 902. The first kappa shape index (κ1) is 25.0. The molecule has 0 bridgehead atoms. The van der Waals surface area contributed by atoms with Crippen LogP contribution in [0.2, 0.25) is 0 Å². The largest absolute Gasteiger partial charge is 0.490 e. The molecule has 0 aliphatic heterocycles. The number of carbonyl (C=O) groups excluding carboxylic acids is 2. The lowest BCUT2D eigenvalue weighted by atomic mass is 10.1. The number of carbonyl (C=O) groups is 2. The van der Waals surface area contributed by atoms with Crippen LogP contribution in [0.3, 0.4) is 0 Å². The molecular formula is C25H35N3O4. The maximum absolute atomic E-state index is 12.0. The van der Waals surface area contributed by atoms with Crippen LogP contribution in [0.5, 0.6) is 11.5 Å². The van der Waals surface area contributed by atoms with Crippen molar-refractivity contribution in [3.63, 3.8) is 0 Å². The Morgan fingerprint density at radius 2 is 1.59 bits per heavy atom. The molecule has 0 spiro atoms. The summed E-state index contributed by atoms with van der Waals surface area (Å²) in [5.74, 6) is 0.880. The minimum absolute atomic E-state index is 0.00708. The number of hydrogen-bond acceptors (Lipinski definition) is 5. The summed E-state index contributed by atoms with van der Waals surface area (Å²) in [5, 5.41) is 9.10. The number of ether oxygens (including phenoxy) is 2. The molecule has 32 heavy (non-hydrogen) atoms. The fourth-order valence-electron chi connectivity index (χ4n) is 2.81. The average molecular weight is 442 g/mol. The molecule has 0 radical (unpaired) electrons. The van der Waals surface area contributed by atoms with Crippen LogP contribution in [-0.4, -0.2) is 30.6 Å². The standard InChI is InChI=1S/C25H35N3O4/c1-7-31-22-14-18(8-13-21(22)32-16-23(29)28-25(4,5)6)15-26-19-9-11-20(12-10-19)27-24(30)17(2)3/h8-14,17,26H,7,15-16H2,1-6H3,(H,27,30)(H,28,29). The molecule has 2 aromatic carbocycles. The molecule has 0 fully saturated rings. The van der Waals surface area contributed by atoms with Gasteiger partial charge in [-0.25, -0.2) is 0 Å². The summed E-state index contributed by atoms with van der Waals surface area (Å²) in [4.78, 5) is 23.8. The van der Waals surface area contributed by atoms with Gasteiger partial charge in [-0.2, -0.15) is 0 Å². The molecule has 3 N–H and O–H groups in total. The van der Waals surface area contributed by atoms with Crippen LogP contribution < -0.4 is 25.4 Å². The normalized spacial score (nSPS) is 11.1. The first-order valence-electron chi connectivity index (χ1n) is 10.9. The molecule has 2 amide bonds. The molecule has 7 nitrogen and oxygen atoms in total. The van der Waals surface area contributed by atoms with Gasteiger partial charge in [-0.3, -0.25) is 9.59 Å². The third-order valence-corrected chi connectivity index (χ3v) is 4.35. The van der Waals surface area contributed by atoms with Gasteiger partial charge in [-0.1, -0.05) is 19.9 Å². The van der Waals surface area contributed by atoms with Crippen LogP contribution in [0.25, 0.3) is 0 Å². The summed E-state index contributed by atoms with van der Waals surface area (Å²) in [5.41, 5.74) is 2.41. The fourth-order valence-corrected chi connectivity index (χ4v) is 2.81. The molecule has 2 rings (SSSR count). The SMILES string of the molecule is CCOc1cc(CNc2ccc(NC(=O)C(C)C)cc2)ccc1OCC(=O)NC(C)(C)C. The highest BCUT2D eigenvalue weighted by Gasteiger charge is 2.15. The predicted octanol–water partition coefficient (Wildman–Crippen LogP) is 4.59. The van der Waals surface area contributed by atoms with E-state index in [1.807, 2.05) is 84.0 Å². The summed E-state index contributed by atoms with van der Waals surface area (Å²) in [7, 11) is 0. The fraction of sp³-hybridized carbons (Fsp3) is 0.440. The van der Waals surface area contributed by atoms with Gasteiger partial charge < -0.3 is 25.4 Å². The third kappa shape index (κ3) is 8.49. The Morgan fingerprint density at radius 3 is 2.19 bits per heavy atom. The van der Waals surface area contributed by atoms with Crippen LogP contribution in [0.1, 0.15) is 47.1 Å². The van der Waals surface area contributed by atoms with Crippen LogP contribution in [-0.2, 0) is 16.1 Å². The van der Waals surface area contributed by atoms with Gasteiger partial charge in [0.1, 0.15) is 0 Å². The molecule has 2 aromatic rings. The van der Waals surface area contributed by atoms with Gasteiger partial charge in [0.25, 0.3) is 5.91 Å². The molecule has 0 heterocycles. The third-order valence-electron chi connectivity index (χ3n) is 4.35. The minimum Gasteiger partial charge on any atom is -0.490 e. The van der Waals surface area contributed by atoms with Gasteiger partial charge in [0.05, 0.1) is 6.61 Å². The Balaban J connectivity index is 1.96. The second kappa shape index (κ2) is 11.4. The highest BCUT2D eigenvalue weighted by molar-refractivity contribution is 5.92. The summed E-state index contributed by atoms with van der Waals surface area (Å²) < 4.78 is 11.4. The van der Waals surface area contributed by atoms with E-state index in [0.29, 0.717) is 24.7 Å². The van der Waals surface area contributed by atoms with Crippen LogP contribution in [0.4, 0.5) is 11.4 Å². The monoisotopic (exact) mass is 441 g/mol. The van der Waals surface area contributed by atoms with Crippen LogP contribution in [0, 0.1) is 5.92 Å². The van der Waals surface area contributed by atoms with Gasteiger partial charge in [0, 0.05) is 29.4 Å². The lowest BCUT2D eigenvalue weighted by Gasteiger charge is -2.21. The van der Waals surface area contributed by atoms with Crippen molar-refractivity contribution in [1.82, 2.24) is 5.32 Å². The molecule has 0 aliphatic carbocycles. The minimum atomic E-state index is -0.309. The molecular weight excluding hydrogens is 406 g/mol. The van der Waals surface area contributed by atoms with E-state index in [0.717, 1.165) is 16.9 Å². The second-order valence-electron chi connectivity index (χ2n) is 8.88. The van der Waals surface area contributed by atoms with Crippen molar-refractivity contribution in [2.24, 2.45) is 5.92 Å². The quantitative estimate of drug-likeness (QED) is 0.502. The van der Waals surface area contributed by atoms with Gasteiger partial charge in [-0.05, 0) is 69.7 Å². The number of nitrogens with one attached hydrogen (secondary N) is 3. The molecule has 0 aliphatic rings. The molecule has 0 atom stereocenters. The highest BCUT2D eigenvalue weighted by atomic mass is 16.5. The predicted molar refractivity (Wildman–Crippen MR) is 128 cm³/mol. The molecule has 0 aromatic heterocycles. The number of anilines is 2. The Kier molecular flexibility index (Phi) is 8.93. The summed E-state index contributed by atoms with van der Waals surface area (Å²) >= 11 is 0. The number of hydrogen-bond donors (Lipinski definition) is 3. The van der Waals surface area contributed by atoms with E-state index in [4.69, 9.17) is 9.47 Å². The lowest BCUT2D eigenvalue weighted by Crippen LogP contribution is -2.43. The van der Waals surface area contributed by atoms with Gasteiger partial charge in [0.2, 0.25) is 5.91 Å². The molecule has 174 valence electrons. The van der Waals surface area contributed by atoms with Crippen molar-refractivity contribution < 1.29 is 19.1 Å². The summed E-state index contributed by atoms with van der Waals surface area (Å²) in [6.45, 7) is 12.4. The lowest BCUT2D eigenvalue weighted by molar-refractivity contribution is -0.124. The van der Waals surface area contributed by atoms with Crippen molar-refractivity contribution >= 4 is 23.2 Å². The van der Waals surface area contributed by atoms with E-state index in [-0.39, 0.29) is 29.9 Å². The topological polar surface area (TPSA) is 88.7 Å². The van der Waals surface area contributed by atoms with Crippen molar-refractivity contribution in [3.05, 3.63) is 48.0 Å². The Morgan fingerprint density at radius 1 is 0.938 bits per heavy atom. The Hall–Kier alpha value is -3.22. The first-order valence-corrected chi connectivity index (χ1v) is 10.9. The summed E-state index contributed by atoms with van der Waals surface area (Å²) in [6.07, 6.45) is 0. The average Bonchev–Trinajstić information content (AvgIpc) is 2.71. The van der Waals surface area contributed by atoms with Crippen molar-refractivity contribution in [2.45, 2.75) is 53.6 Å². The van der Waals surface area contributed by atoms with Crippen LogP contribution >= 0.6 is 0 Å². The Labute approximate surface area is 190 Å². The maximum Gasteiger partial charge on any atom is 0.258 e. The number of rotatable bonds is 10. The maximum atomic E-state index is 12.0. The first-order chi connectivity index (χ1) is 15.1. The van der Waals surface area contributed by atoms with E-state index in [9.17, 15) is 9.59 Å². The molecule has 0 unspecified atom stereocenters. The van der Waals surface area contributed by atoms with Crippen LogP contribution in [0.15, 0.2) is 42.5 Å². The van der Waals surface area contributed by atoms with Gasteiger partial charge in [-0.15, -0.1) is 0 Å². The zero-order valence-electron chi connectivity index (χ0n) is 19.9. The van der Waals surface area contributed by atoms with Crippen molar-refractivity contribution in [1.29, 1.82) is 0 Å². The van der Waals surface area contributed by atoms with Gasteiger partial charge in [0.15, 0.2) is 18.1 Å². The van der Waals surface area contributed by atoms with E-state index in [2.05, 4.69) is 16.0 Å². The van der Waals surface area contributed by atoms with Gasteiger partial charge >= 0.3 is 0 Å². The molecule has 0 saturated carbocycles. The number of benzene rings is 2. The summed E-state index contributed by atoms with van der Waals surface area (Å²) in [6, 6.07) is 13.2. The highest BCUT2D eigenvalue weighted by Crippen LogP contribution is 2.29.